The van der Waals surface area contributed by atoms with Crippen molar-refractivity contribution in [2.75, 3.05) is 31.7 Å². The summed E-state index contributed by atoms with van der Waals surface area (Å²) in [6.07, 6.45) is 1.46. The third-order valence-electron chi connectivity index (χ3n) is 3.73. The van der Waals surface area contributed by atoms with Gasteiger partial charge in [0, 0.05) is 26.3 Å². The molecular weight excluding hydrogens is 332 g/mol. The lowest BCUT2D eigenvalue weighted by molar-refractivity contribution is -0.384. The van der Waals surface area contributed by atoms with Crippen molar-refractivity contribution in [1.29, 1.82) is 0 Å². The summed E-state index contributed by atoms with van der Waals surface area (Å²) in [4.78, 5) is 24.9. The summed E-state index contributed by atoms with van der Waals surface area (Å²) in [6.45, 7) is 11.5. The van der Waals surface area contributed by atoms with Crippen LogP contribution in [0.25, 0.3) is 5.57 Å². The second-order valence-corrected chi connectivity index (χ2v) is 7.37. The zero-order valence-corrected chi connectivity index (χ0v) is 16.6. The van der Waals surface area contributed by atoms with Crippen LogP contribution in [0.4, 0.5) is 11.4 Å². The Morgan fingerprint density at radius 3 is 2.23 bits per heavy atom. The molecule has 0 bridgehead atoms. The SMILES string of the molecule is COC/C(=C/C(C)=O)c1ccc(N(CC(C)C)CC(C)C)c([N+](=O)[O-])c1. The quantitative estimate of drug-likeness (QED) is 0.352. The van der Waals surface area contributed by atoms with Gasteiger partial charge in [-0.15, -0.1) is 0 Å². The van der Waals surface area contributed by atoms with Crippen LogP contribution < -0.4 is 4.90 Å². The molecule has 0 aliphatic rings. The van der Waals surface area contributed by atoms with Gasteiger partial charge in [0.25, 0.3) is 5.69 Å². The molecule has 0 unspecified atom stereocenters. The number of nitro benzene ring substituents is 1. The molecule has 0 radical (unpaired) electrons. The lowest BCUT2D eigenvalue weighted by atomic mass is 10.0. The van der Waals surface area contributed by atoms with Gasteiger partial charge < -0.3 is 9.64 Å². The van der Waals surface area contributed by atoms with Crippen LogP contribution >= 0.6 is 0 Å². The number of rotatable bonds is 10. The van der Waals surface area contributed by atoms with E-state index in [0.717, 1.165) is 13.1 Å². The number of ketones is 1. The van der Waals surface area contributed by atoms with Crippen molar-refractivity contribution in [2.45, 2.75) is 34.6 Å². The Balaban J connectivity index is 3.42. The Morgan fingerprint density at radius 1 is 1.23 bits per heavy atom. The topological polar surface area (TPSA) is 72.7 Å². The van der Waals surface area contributed by atoms with Crippen LogP contribution in [-0.4, -0.2) is 37.5 Å². The highest BCUT2D eigenvalue weighted by atomic mass is 16.6. The van der Waals surface area contributed by atoms with Crippen molar-refractivity contribution in [1.82, 2.24) is 0 Å². The molecule has 144 valence electrons. The number of benzene rings is 1. The van der Waals surface area contributed by atoms with E-state index in [2.05, 4.69) is 32.6 Å². The maximum Gasteiger partial charge on any atom is 0.293 e. The number of nitro groups is 1. The smallest absolute Gasteiger partial charge is 0.293 e. The molecule has 0 saturated carbocycles. The first-order chi connectivity index (χ1) is 12.1. The highest BCUT2D eigenvalue weighted by Crippen LogP contribution is 2.32. The number of hydrogen-bond acceptors (Lipinski definition) is 5. The molecule has 6 nitrogen and oxygen atoms in total. The molecule has 0 aromatic heterocycles. The van der Waals surface area contributed by atoms with Gasteiger partial charge >= 0.3 is 0 Å². The Morgan fingerprint density at radius 2 is 1.81 bits per heavy atom. The summed E-state index contributed by atoms with van der Waals surface area (Å²) < 4.78 is 5.14. The monoisotopic (exact) mass is 362 g/mol. The Hall–Kier alpha value is -2.21. The summed E-state index contributed by atoms with van der Waals surface area (Å²) >= 11 is 0. The molecule has 0 amide bonds. The molecule has 0 saturated heterocycles. The van der Waals surface area contributed by atoms with Crippen LogP contribution in [-0.2, 0) is 9.53 Å². The third kappa shape index (κ3) is 6.59. The molecule has 1 aromatic rings. The lowest BCUT2D eigenvalue weighted by Crippen LogP contribution is -2.31. The fourth-order valence-corrected chi connectivity index (χ4v) is 2.90. The third-order valence-corrected chi connectivity index (χ3v) is 3.73. The molecule has 0 aliphatic carbocycles. The van der Waals surface area contributed by atoms with Crippen molar-refractivity contribution >= 4 is 22.7 Å². The van der Waals surface area contributed by atoms with Crippen LogP contribution in [0.3, 0.4) is 0 Å². The van der Waals surface area contributed by atoms with Gasteiger partial charge in [0.15, 0.2) is 5.78 Å². The van der Waals surface area contributed by atoms with Crippen molar-refractivity contribution in [3.05, 3.63) is 40.0 Å². The van der Waals surface area contributed by atoms with Crippen molar-refractivity contribution in [2.24, 2.45) is 11.8 Å². The number of methoxy groups -OCH3 is 1. The van der Waals surface area contributed by atoms with Crippen LogP contribution in [0, 0.1) is 22.0 Å². The average molecular weight is 362 g/mol. The zero-order chi connectivity index (χ0) is 19.9. The van der Waals surface area contributed by atoms with Gasteiger partial charge in [-0.2, -0.15) is 0 Å². The highest BCUT2D eigenvalue weighted by molar-refractivity contribution is 5.95. The minimum absolute atomic E-state index is 0.0503. The molecule has 0 aliphatic heterocycles. The van der Waals surface area contributed by atoms with Gasteiger partial charge in [-0.05, 0) is 42.0 Å². The largest absolute Gasteiger partial charge is 0.380 e. The predicted octanol–water partition coefficient (Wildman–Crippen LogP) is 4.33. The summed E-state index contributed by atoms with van der Waals surface area (Å²) in [5.41, 5.74) is 1.93. The number of carbonyl (C=O) groups excluding carboxylic acids is 1. The van der Waals surface area contributed by atoms with E-state index in [1.54, 1.807) is 6.07 Å². The van der Waals surface area contributed by atoms with Gasteiger partial charge in [0.05, 0.1) is 11.5 Å². The van der Waals surface area contributed by atoms with Crippen LogP contribution in [0.2, 0.25) is 0 Å². The van der Waals surface area contributed by atoms with Crippen LogP contribution in [0.5, 0.6) is 0 Å². The number of ether oxygens (including phenoxy) is 1. The standard InChI is InChI=1S/C20H30N2O4/c1-14(2)11-21(12-15(3)4)19-8-7-17(10-20(19)22(24)25)18(13-26-6)9-16(5)23/h7-10,14-15H,11-13H2,1-6H3/b18-9-. The molecule has 0 N–H and O–H groups in total. The van der Waals surface area contributed by atoms with E-state index in [1.807, 2.05) is 6.07 Å². The van der Waals surface area contributed by atoms with Gasteiger partial charge in [-0.1, -0.05) is 33.8 Å². The number of allylic oxidation sites excluding steroid dienone is 1. The number of anilines is 1. The minimum atomic E-state index is -0.356. The molecular formula is C20H30N2O4. The highest BCUT2D eigenvalue weighted by Gasteiger charge is 2.22. The first-order valence-corrected chi connectivity index (χ1v) is 8.89. The molecule has 0 fully saturated rings. The fourth-order valence-electron chi connectivity index (χ4n) is 2.90. The molecule has 1 rings (SSSR count). The van der Waals surface area contributed by atoms with Crippen molar-refractivity contribution in [3.8, 4) is 0 Å². The molecule has 0 atom stereocenters. The van der Waals surface area contributed by atoms with E-state index in [-0.39, 0.29) is 23.0 Å². The zero-order valence-electron chi connectivity index (χ0n) is 16.6. The Labute approximate surface area is 156 Å². The average Bonchev–Trinajstić information content (AvgIpc) is 2.52. The normalized spacial score (nSPS) is 11.9. The lowest BCUT2D eigenvalue weighted by Gasteiger charge is -2.28. The first kappa shape index (κ1) is 21.8. The Bertz CT molecular complexity index is 656. The van der Waals surface area contributed by atoms with E-state index in [4.69, 9.17) is 4.74 Å². The molecule has 6 heteroatoms. The van der Waals surface area contributed by atoms with E-state index in [0.29, 0.717) is 28.7 Å². The van der Waals surface area contributed by atoms with E-state index >= 15 is 0 Å². The van der Waals surface area contributed by atoms with E-state index in [1.165, 1.54) is 26.2 Å². The van der Waals surface area contributed by atoms with Gasteiger partial charge in [0.1, 0.15) is 5.69 Å². The Kier molecular flexibility index (Phi) is 8.45. The van der Waals surface area contributed by atoms with Crippen molar-refractivity contribution in [3.63, 3.8) is 0 Å². The molecule has 0 spiro atoms. The summed E-state index contributed by atoms with van der Waals surface area (Å²) in [7, 11) is 1.53. The van der Waals surface area contributed by atoms with Gasteiger partial charge in [-0.25, -0.2) is 0 Å². The fraction of sp³-hybridized carbons (Fsp3) is 0.550. The molecule has 0 heterocycles. The van der Waals surface area contributed by atoms with Crippen LogP contribution in [0.15, 0.2) is 24.3 Å². The van der Waals surface area contributed by atoms with Gasteiger partial charge in [0.2, 0.25) is 0 Å². The summed E-state index contributed by atoms with van der Waals surface area (Å²) in [6, 6.07) is 5.14. The van der Waals surface area contributed by atoms with E-state index < -0.39 is 0 Å². The number of nitrogens with zero attached hydrogens (tertiary/aromatic N) is 2. The summed E-state index contributed by atoms with van der Waals surface area (Å²) in [5.74, 6) is 0.648. The first-order valence-electron chi connectivity index (χ1n) is 8.89. The van der Waals surface area contributed by atoms with Gasteiger partial charge in [-0.3, -0.25) is 14.9 Å². The number of carbonyl (C=O) groups is 1. The molecule has 26 heavy (non-hydrogen) atoms. The van der Waals surface area contributed by atoms with Crippen molar-refractivity contribution < 1.29 is 14.5 Å². The summed E-state index contributed by atoms with van der Waals surface area (Å²) in [5, 5.41) is 11.7. The number of hydrogen-bond donors (Lipinski definition) is 0. The van der Waals surface area contributed by atoms with E-state index in [9.17, 15) is 14.9 Å². The maximum absolute atomic E-state index is 11.7. The second kappa shape index (κ2) is 10.1. The van der Waals surface area contributed by atoms with Crippen LogP contribution in [0.1, 0.15) is 40.2 Å². The maximum atomic E-state index is 11.7. The minimum Gasteiger partial charge on any atom is -0.380 e. The second-order valence-electron chi connectivity index (χ2n) is 7.37. The molecule has 1 aromatic carbocycles. The predicted molar refractivity (Wildman–Crippen MR) is 106 cm³/mol.